The molecular weight excluding hydrogens is 144 g/mol. The minimum atomic E-state index is -0.501. The number of hydrogen-bond donors (Lipinski definition) is 0. The third kappa shape index (κ3) is 2.43. The summed E-state index contributed by atoms with van der Waals surface area (Å²) in [5.74, 6) is 0. The van der Waals surface area contributed by atoms with E-state index >= 15 is 0 Å². The summed E-state index contributed by atoms with van der Waals surface area (Å²) >= 11 is 0. The summed E-state index contributed by atoms with van der Waals surface area (Å²) in [5, 5.41) is 11.1. The molecule has 2 unspecified atom stereocenters. The van der Waals surface area contributed by atoms with E-state index in [1.165, 1.54) is 0 Å². The van der Waals surface area contributed by atoms with Crippen LogP contribution in [0.4, 0.5) is 0 Å². The van der Waals surface area contributed by atoms with Crippen LogP contribution in [0.3, 0.4) is 0 Å². The van der Waals surface area contributed by atoms with E-state index in [2.05, 4.69) is 0 Å². The summed E-state index contributed by atoms with van der Waals surface area (Å²) in [4.78, 5) is 0. The van der Waals surface area contributed by atoms with Gasteiger partial charge in [-0.15, -0.1) is 0 Å². The summed E-state index contributed by atoms with van der Waals surface area (Å²) < 4.78 is 10.2. The average molecular weight is 159 g/mol. The first-order valence-corrected chi connectivity index (χ1v) is 3.97. The van der Waals surface area contributed by atoms with Crippen molar-refractivity contribution < 1.29 is 14.6 Å². The first-order chi connectivity index (χ1) is 5.26. The summed E-state index contributed by atoms with van der Waals surface area (Å²) in [5.41, 5.74) is 0. The molecule has 2 atom stereocenters. The Morgan fingerprint density at radius 2 is 1.45 bits per heavy atom. The minimum absolute atomic E-state index is 0.108. The fraction of sp³-hybridized carbons (Fsp3) is 1.00. The maximum absolute atomic E-state index is 11.1. The van der Waals surface area contributed by atoms with Crippen LogP contribution in [-0.2, 0) is 14.6 Å². The molecule has 1 rings (SSSR count). The highest BCUT2D eigenvalue weighted by atomic mass is 16.5. The van der Waals surface area contributed by atoms with Crippen LogP contribution in [0.2, 0.25) is 0 Å². The lowest BCUT2D eigenvalue weighted by Crippen LogP contribution is -2.34. The van der Waals surface area contributed by atoms with E-state index in [0.717, 1.165) is 6.42 Å². The fourth-order valence-corrected chi connectivity index (χ4v) is 1.55. The standard InChI is InChI=1S/C8H15O3/c1-10-7-3-6(9)4-8(5-7)11-2/h6-8H,3-5H2,1-2H3. The van der Waals surface area contributed by atoms with Crippen LogP contribution in [-0.4, -0.2) is 32.5 Å². The van der Waals surface area contributed by atoms with Crippen LogP contribution >= 0.6 is 0 Å². The normalized spacial score (nSPS) is 39.0. The van der Waals surface area contributed by atoms with Crippen molar-refractivity contribution in [3.63, 3.8) is 0 Å². The molecule has 0 N–H and O–H groups in total. The first kappa shape index (κ1) is 8.97. The van der Waals surface area contributed by atoms with Crippen molar-refractivity contribution in [1.29, 1.82) is 0 Å². The zero-order chi connectivity index (χ0) is 8.27. The summed E-state index contributed by atoms with van der Waals surface area (Å²) in [6.07, 6.45) is 1.85. The lowest BCUT2D eigenvalue weighted by atomic mass is 9.92. The molecule has 0 aromatic carbocycles. The molecule has 0 saturated heterocycles. The molecule has 1 radical (unpaired) electrons. The monoisotopic (exact) mass is 159 g/mol. The zero-order valence-corrected chi connectivity index (χ0v) is 7.08. The maximum Gasteiger partial charge on any atom is 0.0979 e. The van der Waals surface area contributed by atoms with Gasteiger partial charge in [-0.1, -0.05) is 0 Å². The van der Waals surface area contributed by atoms with E-state index in [1.54, 1.807) is 14.2 Å². The molecule has 3 heteroatoms. The molecule has 1 saturated carbocycles. The second kappa shape index (κ2) is 4.04. The second-order valence-corrected chi connectivity index (χ2v) is 3.04. The third-order valence-electron chi connectivity index (χ3n) is 2.24. The van der Waals surface area contributed by atoms with Gasteiger partial charge in [-0.2, -0.15) is 0 Å². The molecule has 0 aliphatic heterocycles. The van der Waals surface area contributed by atoms with Gasteiger partial charge in [-0.3, -0.25) is 0 Å². The van der Waals surface area contributed by atoms with Gasteiger partial charge in [0.05, 0.1) is 18.3 Å². The molecule has 0 spiro atoms. The average Bonchev–Trinajstić information content (AvgIpc) is 2.03. The molecule has 1 aliphatic carbocycles. The highest BCUT2D eigenvalue weighted by molar-refractivity contribution is 4.78. The SMILES string of the molecule is COC1CC([O])CC(OC)C1. The molecular formula is C8H15O3. The third-order valence-corrected chi connectivity index (χ3v) is 2.24. The molecule has 0 heterocycles. The van der Waals surface area contributed by atoms with Gasteiger partial charge in [-0.25, -0.2) is 5.11 Å². The predicted molar refractivity (Wildman–Crippen MR) is 39.9 cm³/mol. The highest BCUT2D eigenvalue weighted by Crippen LogP contribution is 2.23. The van der Waals surface area contributed by atoms with Crippen molar-refractivity contribution in [2.75, 3.05) is 14.2 Å². The van der Waals surface area contributed by atoms with Crippen molar-refractivity contribution >= 4 is 0 Å². The molecule has 11 heavy (non-hydrogen) atoms. The summed E-state index contributed by atoms with van der Waals surface area (Å²) in [7, 11) is 3.30. The van der Waals surface area contributed by atoms with Crippen molar-refractivity contribution in [2.45, 2.75) is 37.6 Å². The Labute approximate surface area is 67.3 Å². The molecule has 3 nitrogen and oxygen atoms in total. The predicted octanol–water partition coefficient (Wildman–Crippen LogP) is 0.999. The van der Waals surface area contributed by atoms with Gasteiger partial charge in [0, 0.05) is 27.1 Å². The molecule has 0 bridgehead atoms. The van der Waals surface area contributed by atoms with E-state index in [1.807, 2.05) is 0 Å². The molecule has 0 amide bonds. The summed E-state index contributed by atoms with van der Waals surface area (Å²) in [6, 6.07) is 0. The molecule has 0 aromatic rings. The van der Waals surface area contributed by atoms with Crippen LogP contribution in [0, 0.1) is 0 Å². The largest absolute Gasteiger partial charge is 0.381 e. The Morgan fingerprint density at radius 3 is 1.82 bits per heavy atom. The van der Waals surface area contributed by atoms with Gasteiger partial charge in [0.2, 0.25) is 0 Å². The lowest BCUT2D eigenvalue weighted by Gasteiger charge is -2.29. The Bertz CT molecular complexity index is 104. The van der Waals surface area contributed by atoms with Gasteiger partial charge < -0.3 is 9.47 Å². The Morgan fingerprint density at radius 1 is 1.00 bits per heavy atom. The van der Waals surface area contributed by atoms with Gasteiger partial charge in [0.15, 0.2) is 0 Å². The number of hydrogen-bond acceptors (Lipinski definition) is 2. The fourth-order valence-electron chi connectivity index (χ4n) is 1.55. The van der Waals surface area contributed by atoms with Crippen molar-refractivity contribution in [3.8, 4) is 0 Å². The van der Waals surface area contributed by atoms with Crippen LogP contribution in [0.1, 0.15) is 19.3 Å². The van der Waals surface area contributed by atoms with Crippen molar-refractivity contribution in [1.82, 2.24) is 0 Å². The first-order valence-electron chi connectivity index (χ1n) is 3.97. The van der Waals surface area contributed by atoms with Gasteiger partial charge in [-0.05, 0) is 6.42 Å². The number of rotatable bonds is 2. The Balaban J connectivity index is 2.37. The van der Waals surface area contributed by atoms with Crippen LogP contribution in [0.25, 0.3) is 0 Å². The topological polar surface area (TPSA) is 38.4 Å². The zero-order valence-electron chi connectivity index (χ0n) is 7.08. The van der Waals surface area contributed by atoms with Crippen molar-refractivity contribution in [2.24, 2.45) is 0 Å². The molecule has 1 fully saturated rings. The number of methoxy groups -OCH3 is 2. The van der Waals surface area contributed by atoms with Gasteiger partial charge in [0.25, 0.3) is 0 Å². The smallest absolute Gasteiger partial charge is 0.0979 e. The second-order valence-electron chi connectivity index (χ2n) is 3.04. The summed E-state index contributed by atoms with van der Waals surface area (Å²) in [6.45, 7) is 0. The van der Waals surface area contributed by atoms with Crippen molar-refractivity contribution in [3.05, 3.63) is 0 Å². The molecule has 1 aliphatic rings. The minimum Gasteiger partial charge on any atom is -0.381 e. The highest BCUT2D eigenvalue weighted by Gasteiger charge is 2.28. The van der Waals surface area contributed by atoms with Gasteiger partial charge >= 0.3 is 0 Å². The maximum atomic E-state index is 11.1. The molecule has 65 valence electrons. The van der Waals surface area contributed by atoms with Crippen LogP contribution in [0.15, 0.2) is 0 Å². The van der Waals surface area contributed by atoms with Gasteiger partial charge in [0.1, 0.15) is 0 Å². The van der Waals surface area contributed by atoms with E-state index in [4.69, 9.17) is 9.47 Å². The van der Waals surface area contributed by atoms with Crippen LogP contribution in [0.5, 0.6) is 0 Å². The van der Waals surface area contributed by atoms with E-state index in [9.17, 15) is 5.11 Å². The van der Waals surface area contributed by atoms with E-state index < -0.39 is 6.10 Å². The van der Waals surface area contributed by atoms with Crippen LogP contribution < -0.4 is 0 Å². The number of ether oxygens (including phenoxy) is 2. The Hall–Kier alpha value is -0.120. The quantitative estimate of drug-likeness (QED) is 0.603. The lowest BCUT2D eigenvalue weighted by molar-refractivity contribution is -0.0769. The van der Waals surface area contributed by atoms with E-state index in [-0.39, 0.29) is 12.2 Å². The Kier molecular flexibility index (Phi) is 3.30. The molecule has 0 aromatic heterocycles. The van der Waals surface area contributed by atoms with E-state index in [0.29, 0.717) is 12.8 Å².